The summed E-state index contributed by atoms with van der Waals surface area (Å²) in [4.78, 5) is 29.7. The fourth-order valence-corrected chi connectivity index (χ4v) is 5.35. The summed E-state index contributed by atoms with van der Waals surface area (Å²) in [6, 6.07) is 1.26. The number of alkyl halides is 2. The van der Waals surface area contributed by atoms with Crippen molar-refractivity contribution in [2.24, 2.45) is 12.8 Å². The highest BCUT2D eigenvalue weighted by atomic mass is 79.9. The molecule has 4 aromatic rings. The second-order valence-corrected chi connectivity index (χ2v) is 9.32. The van der Waals surface area contributed by atoms with Gasteiger partial charge in [0.1, 0.15) is 21.1 Å². The number of aryl methyl sites for hydroxylation is 3. The predicted molar refractivity (Wildman–Crippen MR) is 128 cm³/mol. The molecule has 9 nitrogen and oxygen atoms in total. The van der Waals surface area contributed by atoms with Crippen LogP contribution >= 0.6 is 27.3 Å². The summed E-state index contributed by atoms with van der Waals surface area (Å²) in [7, 11) is 1.61. The van der Waals surface area contributed by atoms with E-state index in [9.17, 15) is 18.4 Å². The number of rotatable bonds is 6. The highest BCUT2D eigenvalue weighted by Gasteiger charge is 2.28. The molecule has 34 heavy (non-hydrogen) atoms. The number of nitrogens with one attached hydrogen (secondary N) is 1. The fourth-order valence-electron chi connectivity index (χ4n) is 3.82. The minimum absolute atomic E-state index is 0.000865. The van der Waals surface area contributed by atoms with Crippen molar-refractivity contribution in [2.45, 2.75) is 33.7 Å². The van der Waals surface area contributed by atoms with Crippen molar-refractivity contribution in [3.05, 3.63) is 44.4 Å². The molecule has 2 amide bonds. The van der Waals surface area contributed by atoms with Crippen molar-refractivity contribution in [1.82, 2.24) is 24.5 Å². The van der Waals surface area contributed by atoms with Gasteiger partial charge in [0.05, 0.1) is 22.1 Å². The van der Waals surface area contributed by atoms with Crippen LogP contribution in [0, 0.1) is 13.8 Å². The Morgan fingerprint density at radius 3 is 2.53 bits per heavy atom. The molecule has 0 fully saturated rings. The summed E-state index contributed by atoms with van der Waals surface area (Å²) in [6.45, 7) is 6.04. The summed E-state index contributed by atoms with van der Waals surface area (Å²) in [6.07, 6.45) is -1.27. The summed E-state index contributed by atoms with van der Waals surface area (Å²) in [5.41, 5.74) is 7.77. The van der Waals surface area contributed by atoms with E-state index in [1.807, 2.05) is 13.8 Å². The Balaban J connectivity index is 2.00. The van der Waals surface area contributed by atoms with E-state index >= 15 is 0 Å². The smallest absolute Gasteiger partial charge is 0.280 e. The molecule has 0 aliphatic heterocycles. The van der Waals surface area contributed by atoms with E-state index in [4.69, 9.17) is 5.73 Å². The predicted octanol–water partition coefficient (Wildman–Crippen LogP) is 4.58. The third-order valence-corrected chi connectivity index (χ3v) is 7.47. The first-order valence-electron chi connectivity index (χ1n) is 10.1. The Morgan fingerprint density at radius 1 is 1.29 bits per heavy atom. The standard InChI is InChI=1S/C21H20BrF2N7O2S/c1-5-31-9(3)11(7-26-31)10-6-12(18(23)24)27-21-13(10)15(17(34-21)19(25)32)28-20(33)16-14(22)8(2)29-30(16)4/h6-7,18H,5H2,1-4H3,(H2,25,32)(H,28,33). The number of thiophene rings is 1. The third-order valence-electron chi connectivity index (χ3n) is 5.42. The maximum Gasteiger partial charge on any atom is 0.280 e. The number of primary amides is 1. The first-order valence-corrected chi connectivity index (χ1v) is 11.7. The number of nitrogens with two attached hydrogens (primary N) is 1. The van der Waals surface area contributed by atoms with Crippen LogP contribution in [-0.4, -0.2) is 36.4 Å². The number of amides is 2. The van der Waals surface area contributed by atoms with Gasteiger partial charge in [-0.25, -0.2) is 13.8 Å². The average Bonchev–Trinajstić information content (AvgIpc) is 3.40. The number of carbonyl (C=O) groups is 2. The van der Waals surface area contributed by atoms with Crippen LogP contribution in [0.5, 0.6) is 0 Å². The highest BCUT2D eigenvalue weighted by Crippen LogP contribution is 2.43. The molecule has 3 N–H and O–H groups in total. The molecule has 0 unspecified atom stereocenters. The normalized spacial score (nSPS) is 11.5. The third kappa shape index (κ3) is 3.88. The Hall–Kier alpha value is -3.19. The summed E-state index contributed by atoms with van der Waals surface area (Å²) >= 11 is 4.21. The number of fused-ring (bicyclic) bond motifs is 1. The quantitative estimate of drug-likeness (QED) is 0.363. The van der Waals surface area contributed by atoms with Crippen LogP contribution < -0.4 is 11.1 Å². The maximum atomic E-state index is 13.7. The van der Waals surface area contributed by atoms with Gasteiger partial charge >= 0.3 is 0 Å². The minimum Gasteiger partial charge on any atom is -0.365 e. The summed E-state index contributed by atoms with van der Waals surface area (Å²) in [5, 5.41) is 11.6. The second kappa shape index (κ2) is 8.87. The highest BCUT2D eigenvalue weighted by molar-refractivity contribution is 9.10. The molecule has 0 aromatic carbocycles. The van der Waals surface area contributed by atoms with Gasteiger partial charge in [-0.05, 0) is 48.3 Å². The molecule has 4 heterocycles. The summed E-state index contributed by atoms with van der Waals surface area (Å²) < 4.78 is 31.0. The number of pyridine rings is 1. The van der Waals surface area contributed by atoms with Crippen LogP contribution in [0.1, 0.15) is 50.6 Å². The number of halogens is 3. The van der Waals surface area contributed by atoms with E-state index in [0.717, 1.165) is 17.0 Å². The molecule has 178 valence electrons. The topological polar surface area (TPSA) is 121 Å². The summed E-state index contributed by atoms with van der Waals surface area (Å²) in [5.74, 6) is -1.37. The average molecular weight is 552 g/mol. The number of anilines is 1. The molecule has 0 bridgehead atoms. The molecule has 13 heteroatoms. The van der Waals surface area contributed by atoms with Gasteiger partial charge in [-0.1, -0.05) is 0 Å². The lowest BCUT2D eigenvalue weighted by molar-refractivity contribution is 0.100. The van der Waals surface area contributed by atoms with E-state index in [0.29, 0.717) is 33.2 Å². The Labute approximate surface area is 205 Å². The number of carbonyl (C=O) groups excluding carboxylic acids is 2. The van der Waals surface area contributed by atoms with Crippen LogP contribution in [-0.2, 0) is 13.6 Å². The van der Waals surface area contributed by atoms with E-state index in [1.54, 1.807) is 24.9 Å². The number of aromatic nitrogens is 5. The van der Waals surface area contributed by atoms with Gasteiger partial charge in [-0.3, -0.25) is 19.0 Å². The molecule has 0 saturated heterocycles. The van der Waals surface area contributed by atoms with Gasteiger partial charge in [0.15, 0.2) is 0 Å². The van der Waals surface area contributed by atoms with E-state index in [2.05, 4.69) is 36.4 Å². The molecule has 0 radical (unpaired) electrons. The molecule has 4 aromatic heterocycles. The first kappa shape index (κ1) is 24.0. The maximum absolute atomic E-state index is 13.7. The molecular weight excluding hydrogens is 532 g/mol. The van der Waals surface area contributed by atoms with Gasteiger partial charge in [-0.2, -0.15) is 10.2 Å². The van der Waals surface area contributed by atoms with Crippen molar-refractivity contribution < 1.29 is 18.4 Å². The largest absolute Gasteiger partial charge is 0.365 e. The van der Waals surface area contributed by atoms with Crippen molar-refractivity contribution in [2.75, 3.05) is 5.32 Å². The van der Waals surface area contributed by atoms with Gasteiger partial charge in [-0.15, -0.1) is 11.3 Å². The van der Waals surface area contributed by atoms with Crippen molar-refractivity contribution in [3.8, 4) is 11.1 Å². The number of hydrogen-bond acceptors (Lipinski definition) is 6. The SMILES string of the molecule is CCn1ncc(-c2cc(C(F)F)nc3sc(C(N)=O)c(NC(=O)c4c(Br)c(C)nn4C)c23)c1C. The van der Waals surface area contributed by atoms with Crippen molar-refractivity contribution >= 4 is 55.0 Å². The Kier molecular flexibility index (Phi) is 6.25. The van der Waals surface area contributed by atoms with Crippen LogP contribution in [0.25, 0.3) is 21.3 Å². The lowest BCUT2D eigenvalue weighted by Gasteiger charge is -2.11. The van der Waals surface area contributed by atoms with Crippen LogP contribution in [0.15, 0.2) is 16.7 Å². The Morgan fingerprint density at radius 2 is 2.00 bits per heavy atom. The van der Waals surface area contributed by atoms with E-state index < -0.39 is 23.9 Å². The molecule has 4 rings (SSSR count). The van der Waals surface area contributed by atoms with Crippen molar-refractivity contribution in [1.29, 1.82) is 0 Å². The Bertz CT molecular complexity index is 1460. The lowest BCUT2D eigenvalue weighted by atomic mass is 10.0. The molecule has 0 spiro atoms. The zero-order valence-electron chi connectivity index (χ0n) is 18.6. The zero-order valence-corrected chi connectivity index (χ0v) is 21.0. The monoisotopic (exact) mass is 551 g/mol. The molecular formula is C21H20BrF2N7O2S. The zero-order chi connectivity index (χ0) is 24.9. The van der Waals surface area contributed by atoms with Crippen LogP contribution in [0.3, 0.4) is 0 Å². The molecule has 0 aliphatic carbocycles. The van der Waals surface area contributed by atoms with Crippen LogP contribution in [0.4, 0.5) is 14.5 Å². The molecule has 0 aliphatic rings. The fraction of sp³-hybridized carbons (Fsp3) is 0.286. The lowest BCUT2D eigenvalue weighted by Crippen LogP contribution is -2.19. The first-order chi connectivity index (χ1) is 16.0. The van der Waals surface area contributed by atoms with Gasteiger partial charge in [0, 0.05) is 30.2 Å². The van der Waals surface area contributed by atoms with Gasteiger partial charge in [0.2, 0.25) is 0 Å². The minimum atomic E-state index is -2.84. The van der Waals surface area contributed by atoms with Gasteiger partial charge < -0.3 is 11.1 Å². The van der Waals surface area contributed by atoms with E-state index in [-0.39, 0.29) is 21.1 Å². The molecule has 0 atom stereocenters. The molecule has 0 saturated carbocycles. The number of nitrogens with zero attached hydrogens (tertiary/aromatic N) is 5. The second-order valence-electron chi connectivity index (χ2n) is 7.53. The van der Waals surface area contributed by atoms with E-state index in [1.165, 1.54) is 10.7 Å². The van der Waals surface area contributed by atoms with Crippen molar-refractivity contribution in [3.63, 3.8) is 0 Å². The van der Waals surface area contributed by atoms with Gasteiger partial charge in [0.25, 0.3) is 18.2 Å². The number of hydrogen-bond donors (Lipinski definition) is 2. The van der Waals surface area contributed by atoms with Crippen LogP contribution in [0.2, 0.25) is 0 Å².